The molecule has 50 heavy (non-hydrogen) atoms. The zero-order valence-electron chi connectivity index (χ0n) is 26.7. The fraction of sp³-hybridized carbons (Fsp3) is 0.179. The van der Waals surface area contributed by atoms with Crippen molar-refractivity contribution in [1.82, 2.24) is 5.32 Å². The van der Waals surface area contributed by atoms with Crippen LogP contribution in [0.3, 0.4) is 0 Å². The van der Waals surface area contributed by atoms with E-state index in [2.05, 4.69) is 27.5 Å². The van der Waals surface area contributed by atoms with Gasteiger partial charge in [0.15, 0.2) is 11.6 Å². The van der Waals surface area contributed by atoms with Gasteiger partial charge in [0, 0.05) is 51.2 Å². The first-order chi connectivity index (χ1) is 24.4. The Labute approximate surface area is 298 Å². The SMILES string of the molecule is [N-]=[N+]=Nc1ccccc1C[C@@]1(C(=O)NC2c3ccccc3-c3ccccc32)N=C(c2ccc(OCCCO)cc2)O[C@@H]1c1ccc(Cl)cc1Cl. The molecule has 0 bridgehead atoms. The molecule has 0 saturated carbocycles. The summed E-state index contributed by atoms with van der Waals surface area (Å²) in [6.45, 7) is 0.397. The van der Waals surface area contributed by atoms with Gasteiger partial charge in [-0.2, -0.15) is 0 Å². The molecule has 0 spiro atoms. The standard InChI is InChI=1S/C39H31Cl2N5O4/c40-26-16-19-32(33(41)22-26)36-39(23-25-8-1-6-13-34(25)45-46-42,44-37(50-36)24-14-17-27(18-15-24)49-21-7-20-47)38(48)43-35-30-11-4-2-9-28(30)29-10-3-5-12-31(29)35/h1-6,8-19,22,35-36,47H,7,20-21,23H2,(H,43,48)/t36-,39-/m1/s1. The number of benzene rings is 5. The average Bonchev–Trinajstić information content (AvgIpc) is 3.66. The molecular formula is C39H31Cl2N5O4. The van der Waals surface area contributed by atoms with Gasteiger partial charge in [-0.05, 0) is 69.7 Å². The maximum Gasteiger partial charge on any atom is 0.253 e. The van der Waals surface area contributed by atoms with E-state index in [0.717, 1.165) is 22.3 Å². The third kappa shape index (κ3) is 6.28. The lowest BCUT2D eigenvalue weighted by molar-refractivity contribution is -0.129. The predicted molar refractivity (Wildman–Crippen MR) is 194 cm³/mol. The van der Waals surface area contributed by atoms with E-state index in [1.807, 2.05) is 48.5 Å². The maximum absolute atomic E-state index is 15.2. The summed E-state index contributed by atoms with van der Waals surface area (Å²) in [5.74, 6) is 0.440. The lowest BCUT2D eigenvalue weighted by Gasteiger charge is -2.33. The van der Waals surface area contributed by atoms with Crippen molar-refractivity contribution in [3.8, 4) is 16.9 Å². The number of hydrogen-bond acceptors (Lipinski definition) is 6. The van der Waals surface area contributed by atoms with Crippen LogP contribution >= 0.6 is 23.2 Å². The zero-order chi connectivity index (χ0) is 34.7. The number of nitrogens with one attached hydrogen (secondary N) is 1. The van der Waals surface area contributed by atoms with Crippen molar-refractivity contribution >= 4 is 40.7 Å². The molecule has 250 valence electrons. The summed E-state index contributed by atoms with van der Waals surface area (Å²) in [5, 5.41) is 17.2. The molecule has 7 rings (SSSR count). The molecule has 2 N–H and O–H groups in total. The molecule has 0 saturated heterocycles. The van der Waals surface area contributed by atoms with Crippen molar-refractivity contribution in [2.45, 2.75) is 30.5 Å². The zero-order valence-corrected chi connectivity index (χ0v) is 28.2. The van der Waals surface area contributed by atoms with Crippen LogP contribution in [0.25, 0.3) is 21.6 Å². The summed E-state index contributed by atoms with van der Waals surface area (Å²) >= 11 is 13.2. The van der Waals surface area contributed by atoms with Crippen LogP contribution in [0.4, 0.5) is 5.69 Å². The second-order valence-corrected chi connectivity index (χ2v) is 12.9. The molecule has 9 nitrogen and oxygen atoms in total. The van der Waals surface area contributed by atoms with Crippen molar-refractivity contribution in [2.24, 2.45) is 10.1 Å². The average molecular weight is 705 g/mol. The fourth-order valence-corrected chi connectivity index (χ4v) is 7.14. The number of nitrogens with zero attached hydrogens (tertiary/aromatic N) is 4. The van der Waals surface area contributed by atoms with E-state index in [1.165, 1.54) is 0 Å². The minimum Gasteiger partial charge on any atom is -0.494 e. The second kappa shape index (κ2) is 14.3. The molecule has 0 unspecified atom stereocenters. The molecule has 2 aliphatic rings. The van der Waals surface area contributed by atoms with Gasteiger partial charge in [-0.25, -0.2) is 4.99 Å². The highest BCUT2D eigenvalue weighted by Crippen LogP contribution is 2.48. The Morgan fingerprint density at radius 1 is 0.920 bits per heavy atom. The molecule has 0 radical (unpaired) electrons. The summed E-state index contributed by atoms with van der Waals surface area (Å²) in [4.78, 5) is 23.4. The number of hydrogen-bond donors (Lipinski definition) is 2. The number of ether oxygens (including phenoxy) is 2. The Balaban J connectivity index is 1.38. The molecule has 1 aliphatic carbocycles. The molecule has 2 atom stereocenters. The van der Waals surface area contributed by atoms with Gasteiger partial charge in [0.1, 0.15) is 5.75 Å². The Morgan fingerprint density at radius 2 is 1.60 bits per heavy atom. The fourth-order valence-electron chi connectivity index (χ4n) is 6.64. The van der Waals surface area contributed by atoms with Crippen LogP contribution in [-0.4, -0.2) is 35.7 Å². The van der Waals surface area contributed by atoms with Crippen molar-refractivity contribution in [3.63, 3.8) is 0 Å². The highest BCUT2D eigenvalue weighted by atomic mass is 35.5. The highest BCUT2D eigenvalue weighted by Gasteiger charge is 2.55. The monoisotopic (exact) mass is 703 g/mol. The van der Waals surface area contributed by atoms with Crippen LogP contribution in [0.15, 0.2) is 125 Å². The first-order valence-electron chi connectivity index (χ1n) is 16.1. The van der Waals surface area contributed by atoms with Crippen molar-refractivity contribution in [3.05, 3.63) is 164 Å². The summed E-state index contributed by atoms with van der Waals surface area (Å²) in [6, 6.07) is 34.9. The number of aliphatic hydroxyl groups is 1. The van der Waals surface area contributed by atoms with Crippen molar-refractivity contribution in [1.29, 1.82) is 0 Å². The quantitative estimate of drug-likeness (QED) is 0.0615. The van der Waals surface area contributed by atoms with Crippen LogP contribution in [0, 0.1) is 0 Å². The van der Waals surface area contributed by atoms with Crippen LogP contribution in [0.2, 0.25) is 10.0 Å². The third-order valence-electron chi connectivity index (χ3n) is 8.99. The molecule has 0 aromatic heterocycles. The molecule has 1 aliphatic heterocycles. The Hall–Kier alpha value is -5.31. The minimum absolute atomic E-state index is 0.0134. The van der Waals surface area contributed by atoms with Crippen LogP contribution in [0.5, 0.6) is 5.75 Å². The Kier molecular flexibility index (Phi) is 9.48. The van der Waals surface area contributed by atoms with Crippen LogP contribution in [-0.2, 0) is 16.0 Å². The van der Waals surface area contributed by atoms with Crippen LogP contribution < -0.4 is 10.1 Å². The summed E-state index contributed by atoms with van der Waals surface area (Å²) < 4.78 is 12.4. The van der Waals surface area contributed by atoms with Gasteiger partial charge in [-0.1, -0.05) is 107 Å². The van der Waals surface area contributed by atoms with E-state index in [1.54, 1.807) is 54.6 Å². The molecule has 11 heteroatoms. The number of fused-ring (bicyclic) bond motifs is 3. The molecule has 1 amide bonds. The van der Waals surface area contributed by atoms with E-state index in [4.69, 9.17) is 42.8 Å². The van der Waals surface area contributed by atoms with E-state index >= 15 is 4.79 Å². The van der Waals surface area contributed by atoms with Gasteiger partial charge >= 0.3 is 0 Å². The summed E-state index contributed by atoms with van der Waals surface area (Å²) in [5.41, 5.74) is 13.9. The van der Waals surface area contributed by atoms with E-state index < -0.39 is 23.6 Å². The van der Waals surface area contributed by atoms with Gasteiger partial charge in [-0.3, -0.25) is 4.79 Å². The van der Waals surface area contributed by atoms with Gasteiger partial charge in [-0.15, -0.1) is 0 Å². The van der Waals surface area contributed by atoms with Gasteiger partial charge in [0.25, 0.3) is 5.91 Å². The number of rotatable bonds is 11. The first kappa shape index (κ1) is 33.2. The number of azide groups is 1. The smallest absolute Gasteiger partial charge is 0.253 e. The first-order valence-corrected chi connectivity index (χ1v) is 16.8. The maximum atomic E-state index is 15.2. The number of carbonyl (C=O) groups excluding carboxylic acids is 1. The third-order valence-corrected chi connectivity index (χ3v) is 9.55. The number of aliphatic hydroxyl groups excluding tert-OH is 1. The molecule has 0 fully saturated rings. The second-order valence-electron chi connectivity index (χ2n) is 12.0. The minimum atomic E-state index is -1.63. The molecular weight excluding hydrogens is 673 g/mol. The van der Waals surface area contributed by atoms with Crippen LogP contribution in [0.1, 0.15) is 46.4 Å². The lowest BCUT2D eigenvalue weighted by atomic mass is 9.81. The number of carbonyl (C=O) groups is 1. The highest BCUT2D eigenvalue weighted by molar-refractivity contribution is 6.35. The molecule has 5 aromatic rings. The summed E-state index contributed by atoms with van der Waals surface area (Å²) in [6.07, 6.45) is -0.486. The van der Waals surface area contributed by atoms with E-state index in [9.17, 15) is 5.53 Å². The Bertz CT molecular complexity index is 2110. The van der Waals surface area contributed by atoms with E-state index in [-0.39, 0.29) is 18.9 Å². The lowest BCUT2D eigenvalue weighted by Crippen LogP contribution is -2.50. The number of aliphatic imine (C=N–C) groups is 1. The topological polar surface area (TPSA) is 129 Å². The summed E-state index contributed by atoms with van der Waals surface area (Å²) in [7, 11) is 0. The van der Waals surface area contributed by atoms with Gasteiger partial charge < -0.3 is 19.9 Å². The predicted octanol–water partition coefficient (Wildman–Crippen LogP) is 9.08. The molecule has 5 aromatic carbocycles. The largest absolute Gasteiger partial charge is 0.494 e. The number of halogens is 2. The van der Waals surface area contributed by atoms with Crippen molar-refractivity contribution < 1.29 is 19.4 Å². The number of amides is 1. The van der Waals surface area contributed by atoms with Crippen molar-refractivity contribution in [2.75, 3.05) is 13.2 Å². The van der Waals surface area contributed by atoms with Gasteiger partial charge in [0.2, 0.25) is 5.90 Å². The Morgan fingerprint density at radius 3 is 2.28 bits per heavy atom. The molecule has 1 heterocycles. The van der Waals surface area contributed by atoms with E-state index in [0.29, 0.717) is 51.2 Å². The normalized spacial score (nSPS) is 17.6. The van der Waals surface area contributed by atoms with Gasteiger partial charge in [0.05, 0.1) is 12.6 Å².